The number of nitriles is 1. The van der Waals surface area contributed by atoms with Crippen LogP contribution in [0, 0.1) is 18.3 Å². The Balaban J connectivity index is 1.82. The number of ether oxygens (including phenoxy) is 3. The van der Waals surface area contributed by atoms with Gasteiger partial charge < -0.3 is 29.6 Å². The number of methoxy groups -OCH3 is 2. The summed E-state index contributed by atoms with van der Waals surface area (Å²) in [6, 6.07) is 12.1. The molecule has 0 bridgehead atoms. The molecule has 0 fully saturated rings. The molecule has 0 atom stereocenters. The summed E-state index contributed by atoms with van der Waals surface area (Å²) in [5.74, 6) is -0.373. The van der Waals surface area contributed by atoms with E-state index in [0.717, 1.165) is 0 Å². The van der Waals surface area contributed by atoms with Gasteiger partial charge in [0.2, 0.25) is 0 Å². The summed E-state index contributed by atoms with van der Waals surface area (Å²) in [5.41, 5.74) is 3.29. The molecule has 178 valence electrons. The first kappa shape index (κ1) is 23.2. The van der Waals surface area contributed by atoms with Crippen molar-refractivity contribution >= 4 is 29.1 Å². The smallest absolute Gasteiger partial charge is 0.343 e. The largest absolute Gasteiger partial charge is 0.493 e. The third kappa shape index (κ3) is 4.32. The number of fused-ring (bicyclic) bond motifs is 1. The van der Waals surface area contributed by atoms with Crippen molar-refractivity contribution in [3.8, 4) is 28.8 Å². The maximum absolute atomic E-state index is 11.6. The van der Waals surface area contributed by atoms with Crippen molar-refractivity contribution in [1.29, 1.82) is 5.26 Å². The number of rotatable bonds is 8. The van der Waals surface area contributed by atoms with E-state index in [1.165, 1.54) is 31.0 Å². The number of anilines is 2. The molecule has 4 aromatic rings. The average molecular weight is 475 g/mol. The number of imidazole rings is 1. The molecule has 0 aliphatic carbocycles. The molecule has 4 rings (SSSR count). The van der Waals surface area contributed by atoms with Crippen LogP contribution in [0.4, 0.5) is 11.5 Å². The van der Waals surface area contributed by atoms with Gasteiger partial charge in [-0.2, -0.15) is 14.9 Å². The lowest BCUT2D eigenvalue weighted by atomic mass is 10.1. The van der Waals surface area contributed by atoms with Gasteiger partial charge in [0.15, 0.2) is 29.6 Å². The highest BCUT2D eigenvalue weighted by molar-refractivity contribution is 5.92. The zero-order chi connectivity index (χ0) is 25.1. The summed E-state index contributed by atoms with van der Waals surface area (Å²) in [5, 5.41) is 26.5. The lowest BCUT2D eigenvalue weighted by Gasteiger charge is -2.14. The second-order valence-electron chi connectivity index (χ2n) is 7.42. The van der Waals surface area contributed by atoms with Gasteiger partial charge in [0.1, 0.15) is 11.6 Å². The summed E-state index contributed by atoms with van der Waals surface area (Å²) in [4.78, 5) is 26.3. The number of nitrogens with zero attached hydrogens (tertiary/aromatic N) is 3. The van der Waals surface area contributed by atoms with Crippen molar-refractivity contribution in [1.82, 2.24) is 14.6 Å². The zero-order valence-electron chi connectivity index (χ0n) is 19.1. The number of benzene rings is 2. The highest BCUT2D eigenvalue weighted by Gasteiger charge is 2.21. The molecule has 0 saturated heterocycles. The van der Waals surface area contributed by atoms with Gasteiger partial charge in [-0.1, -0.05) is 6.07 Å². The lowest BCUT2D eigenvalue weighted by Crippen LogP contribution is -2.12. The third-order valence-corrected chi connectivity index (χ3v) is 5.42. The van der Waals surface area contributed by atoms with Crippen LogP contribution in [0.25, 0.3) is 16.9 Å². The maximum atomic E-state index is 11.6. The molecular weight excluding hydrogens is 454 g/mol. The number of H-pyrrole nitrogens is 1. The summed E-state index contributed by atoms with van der Waals surface area (Å²) in [7, 11) is 2.74. The van der Waals surface area contributed by atoms with Crippen molar-refractivity contribution in [2.75, 3.05) is 26.1 Å². The van der Waals surface area contributed by atoms with E-state index in [2.05, 4.69) is 26.2 Å². The van der Waals surface area contributed by atoms with E-state index in [1.54, 1.807) is 37.3 Å². The molecule has 3 N–H and O–H groups in total. The van der Waals surface area contributed by atoms with E-state index >= 15 is 0 Å². The van der Waals surface area contributed by atoms with E-state index in [-0.39, 0.29) is 12.2 Å². The molecule has 0 spiro atoms. The first-order valence-electron chi connectivity index (χ1n) is 10.4. The molecule has 2 heterocycles. The van der Waals surface area contributed by atoms with Crippen LogP contribution < -0.4 is 14.8 Å². The van der Waals surface area contributed by atoms with Crippen LogP contribution in [0.2, 0.25) is 0 Å². The summed E-state index contributed by atoms with van der Waals surface area (Å²) >= 11 is 0. The highest BCUT2D eigenvalue weighted by atomic mass is 16.6. The van der Waals surface area contributed by atoms with Crippen LogP contribution in [0.1, 0.15) is 21.5 Å². The number of esters is 1. The molecule has 2 aromatic heterocycles. The Kier molecular flexibility index (Phi) is 6.28. The van der Waals surface area contributed by atoms with Gasteiger partial charge >= 0.3 is 11.9 Å². The molecular formula is C24H21N5O6. The molecule has 0 aliphatic rings. The number of aromatic nitrogens is 3. The minimum absolute atomic E-state index is 0.162. The maximum Gasteiger partial charge on any atom is 0.343 e. The van der Waals surface area contributed by atoms with Crippen molar-refractivity contribution in [3.63, 3.8) is 0 Å². The van der Waals surface area contributed by atoms with Gasteiger partial charge in [-0.15, -0.1) is 0 Å². The molecule has 0 unspecified atom stereocenters. The molecule has 0 radical (unpaired) electrons. The van der Waals surface area contributed by atoms with Crippen molar-refractivity contribution in [3.05, 3.63) is 59.3 Å². The van der Waals surface area contributed by atoms with Crippen LogP contribution in [0.15, 0.2) is 42.6 Å². The topological polar surface area (TPSA) is 151 Å². The fourth-order valence-corrected chi connectivity index (χ4v) is 3.60. The number of carboxylic acids is 1. The van der Waals surface area contributed by atoms with Crippen LogP contribution >= 0.6 is 0 Å². The molecule has 35 heavy (non-hydrogen) atoms. The quantitative estimate of drug-likeness (QED) is 0.325. The second kappa shape index (κ2) is 9.48. The van der Waals surface area contributed by atoms with E-state index in [9.17, 15) is 20.0 Å². The summed E-state index contributed by atoms with van der Waals surface area (Å²) in [6.45, 7) is 1.43. The fourth-order valence-electron chi connectivity index (χ4n) is 3.60. The monoisotopic (exact) mass is 475 g/mol. The predicted molar refractivity (Wildman–Crippen MR) is 125 cm³/mol. The first-order chi connectivity index (χ1) is 16.9. The van der Waals surface area contributed by atoms with Crippen molar-refractivity contribution < 1.29 is 28.9 Å². The Labute approximate surface area is 199 Å². The number of carbonyl (C=O) groups is 2. The number of carboxylic acid groups (broad SMARTS) is 1. The van der Waals surface area contributed by atoms with Gasteiger partial charge in [-0.05, 0) is 42.8 Å². The Hall–Kier alpha value is -4.98. The summed E-state index contributed by atoms with van der Waals surface area (Å²) < 4.78 is 17.1. The van der Waals surface area contributed by atoms with Crippen LogP contribution in [0.5, 0.6) is 11.5 Å². The predicted octanol–water partition coefficient (Wildman–Crippen LogP) is 3.51. The summed E-state index contributed by atoms with van der Waals surface area (Å²) in [6.07, 6.45) is 1.44. The third-order valence-electron chi connectivity index (χ3n) is 5.42. The minimum Gasteiger partial charge on any atom is -0.493 e. The molecule has 0 amide bonds. The fraction of sp³-hybridized carbons (Fsp3) is 0.167. The molecule has 11 heteroatoms. The molecule has 0 aliphatic heterocycles. The molecule has 2 aromatic carbocycles. The van der Waals surface area contributed by atoms with E-state index < -0.39 is 11.9 Å². The average Bonchev–Trinajstić information content (AvgIpc) is 3.43. The van der Waals surface area contributed by atoms with Crippen LogP contribution in [0.3, 0.4) is 0 Å². The second-order valence-corrected chi connectivity index (χ2v) is 7.42. The molecule has 0 saturated carbocycles. The Bertz CT molecular complexity index is 1480. The van der Waals surface area contributed by atoms with Gasteiger partial charge in [-0.3, -0.25) is 0 Å². The zero-order valence-corrected chi connectivity index (χ0v) is 19.1. The number of aromatic amines is 1. The van der Waals surface area contributed by atoms with Gasteiger partial charge in [0.05, 0.1) is 31.7 Å². The number of hydrogen-bond acceptors (Lipinski definition) is 8. The normalized spacial score (nSPS) is 10.6. The number of aromatic carboxylic acids is 1. The van der Waals surface area contributed by atoms with Crippen LogP contribution in [-0.4, -0.2) is 52.5 Å². The van der Waals surface area contributed by atoms with Crippen molar-refractivity contribution in [2.24, 2.45) is 0 Å². The number of carbonyl (C=O) groups excluding carboxylic acids is 1. The van der Waals surface area contributed by atoms with Gasteiger partial charge in [0, 0.05) is 11.3 Å². The van der Waals surface area contributed by atoms with E-state index in [0.29, 0.717) is 51.0 Å². The lowest BCUT2D eigenvalue weighted by molar-refractivity contribution is -0.142. The SMILES string of the molecule is COC(=O)COc1ccc(-c2[nH]c3c(C#N)cnn3c2Nc2cccc(C(=O)O)c2C)cc1OC. The van der Waals surface area contributed by atoms with Gasteiger partial charge in [0.25, 0.3) is 0 Å². The highest BCUT2D eigenvalue weighted by Crippen LogP contribution is 2.37. The Morgan fingerprint density at radius 3 is 2.71 bits per heavy atom. The van der Waals surface area contributed by atoms with E-state index in [4.69, 9.17) is 9.47 Å². The van der Waals surface area contributed by atoms with E-state index in [1.807, 2.05) is 0 Å². The number of hydrogen-bond donors (Lipinski definition) is 3. The number of nitrogens with one attached hydrogen (secondary N) is 2. The standard InChI is InChI=1S/C24H21N5O6/c1-13-16(24(31)32)5-4-6-17(13)27-23-21(28-22-15(10-25)11-26-29(22)23)14-7-8-18(19(9-14)33-2)35-12-20(30)34-3/h4-9,11,27-28H,12H2,1-3H3,(H,31,32). The first-order valence-corrected chi connectivity index (χ1v) is 10.4. The van der Waals surface area contributed by atoms with Crippen LogP contribution in [-0.2, 0) is 9.53 Å². The van der Waals surface area contributed by atoms with Crippen molar-refractivity contribution in [2.45, 2.75) is 6.92 Å². The minimum atomic E-state index is -1.04. The Morgan fingerprint density at radius 1 is 1.23 bits per heavy atom. The van der Waals surface area contributed by atoms with Gasteiger partial charge in [-0.25, -0.2) is 9.59 Å². The Morgan fingerprint density at radius 2 is 2.03 bits per heavy atom. The molecule has 11 nitrogen and oxygen atoms in total.